The first-order valence-corrected chi connectivity index (χ1v) is 6.92. The Morgan fingerprint density at radius 1 is 1.28 bits per heavy atom. The molecular weight excluding hydrogens is 226 g/mol. The Bertz CT molecular complexity index is 438. The third-order valence-corrected chi connectivity index (χ3v) is 4.30. The van der Waals surface area contributed by atoms with Crippen LogP contribution in [0, 0.1) is 0 Å². The van der Waals surface area contributed by atoms with Crippen LogP contribution in [0.15, 0.2) is 18.2 Å². The third-order valence-electron chi connectivity index (χ3n) is 4.30. The van der Waals surface area contributed by atoms with E-state index in [-0.39, 0.29) is 12.1 Å². The molecule has 1 aliphatic carbocycles. The second-order valence-electron chi connectivity index (χ2n) is 5.64. The van der Waals surface area contributed by atoms with Crippen molar-refractivity contribution >= 4 is 0 Å². The van der Waals surface area contributed by atoms with Crippen molar-refractivity contribution in [2.75, 3.05) is 6.54 Å². The Morgan fingerprint density at radius 2 is 2.06 bits per heavy atom. The van der Waals surface area contributed by atoms with Crippen molar-refractivity contribution in [3.05, 3.63) is 29.3 Å². The zero-order valence-electron chi connectivity index (χ0n) is 10.7. The molecule has 1 heterocycles. The van der Waals surface area contributed by atoms with Crippen molar-refractivity contribution in [3.63, 3.8) is 0 Å². The van der Waals surface area contributed by atoms with E-state index in [1.54, 1.807) is 0 Å². The standard InChI is InChI=1S/C15H21NO2/c16-10-13(17)11-4-5-14-12(8-11)9-15(18-14)6-2-1-3-7-15/h4-5,8,13,17H,1-3,6-7,9-10,16H2. The maximum atomic E-state index is 9.80. The number of nitrogens with two attached hydrogens (primary N) is 1. The average Bonchev–Trinajstić information content (AvgIpc) is 2.74. The summed E-state index contributed by atoms with van der Waals surface area (Å²) in [6.45, 7) is 0.269. The van der Waals surface area contributed by atoms with Crippen LogP contribution in [0.5, 0.6) is 5.75 Å². The lowest BCUT2D eigenvalue weighted by Gasteiger charge is -2.32. The summed E-state index contributed by atoms with van der Waals surface area (Å²) in [5.41, 5.74) is 7.70. The Morgan fingerprint density at radius 3 is 2.78 bits per heavy atom. The highest BCUT2D eigenvalue weighted by Gasteiger charge is 2.40. The smallest absolute Gasteiger partial charge is 0.123 e. The summed E-state index contributed by atoms with van der Waals surface area (Å²) in [7, 11) is 0. The third kappa shape index (κ3) is 2.02. The van der Waals surface area contributed by atoms with E-state index < -0.39 is 6.10 Å². The van der Waals surface area contributed by atoms with Crippen LogP contribution in [-0.4, -0.2) is 17.3 Å². The minimum atomic E-state index is -0.557. The van der Waals surface area contributed by atoms with Gasteiger partial charge < -0.3 is 15.6 Å². The molecular formula is C15H21NO2. The summed E-state index contributed by atoms with van der Waals surface area (Å²) < 4.78 is 6.19. The molecule has 98 valence electrons. The van der Waals surface area contributed by atoms with E-state index in [9.17, 15) is 5.11 Å². The number of aliphatic hydroxyl groups excluding tert-OH is 1. The molecule has 3 rings (SSSR count). The van der Waals surface area contributed by atoms with Crippen molar-refractivity contribution in [1.29, 1.82) is 0 Å². The van der Waals surface area contributed by atoms with Gasteiger partial charge in [-0.1, -0.05) is 12.5 Å². The van der Waals surface area contributed by atoms with Crippen molar-refractivity contribution in [2.24, 2.45) is 5.73 Å². The minimum absolute atomic E-state index is 0.0485. The van der Waals surface area contributed by atoms with E-state index in [1.165, 1.54) is 24.8 Å². The van der Waals surface area contributed by atoms with Gasteiger partial charge in [0.25, 0.3) is 0 Å². The van der Waals surface area contributed by atoms with Crippen molar-refractivity contribution in [1.82, 2.24) is 0 Å². The Kier molecular flexibility index (Phi) is 3.04. The molecule has 0 saturated heterocycles. The van der Waals surface area contributed by atoms with Crippen LogP contribution in [0.25, 0.3) is 0 Å². The van der Waals surface area contributed by atoms with Crippen LogP contribution in [0.2, 0.25) is 0 Å². The monoisotopic (exact) mass is 247 g/mol. The lowest BCUT2D eigenvalue weighted by Crippen LogP contribution is -2.36. The topological polar surface area (TPSA) is 55.5 Å². The molecule has 3 nitrogen and oxygen atoms in total. The summed E-state index contributed by atoms with van der Waals surface area (Å²) in [5.74, 6) is 1.00. The van der Waals surface area contributed by atoms with Gasteiger partial charge >= 0.3 is 0 Å². The van der Waals surface area contributed by atoms with Gasteiger partial charge in [-0.2, -0.15) is 0 Å². The normalized spacial score (nSPS) is 22.6. The summed E-state index contributed by atoms with van der Waals surface area (Å²) in [6.07, 6.45) is 6.63. The fraction of sp³-hybridized carbons (Fsp3) is 0.600. The van der Waals surface area contributed by atoms with Gasteiger partial charge in [0.15, 0.2) is 0 Å². The van der Waals surface area contributed by atoms with Gasteiger partial charge in [0.2, 0.25) is 0 Å². The Balaban J connectivity index is 1.84. The zero-order chi connectivity index (χ0) is 12.6. The Labute approximate surface area is 108 Å². The molecule has 1 fully saturated rings. The molecule has 0 radical (unpaired) electrons. The molecule has 0 aromatic heterocycles. The maximum absolute atomic E-state index is 9.80. The Hall–Kier alpha value is -1.06. The molecule has 3 N–H and O–H groups in total. The van der Waals surface area contributed by atoms with Crippen LogP contribution in [0.4, 0.5) is 0 Å². The number of hydrogen-bond acceptors (Lipinski definition) is 3. The number of ether oxygens (including phenoxy) is 1. The van der Waals surface area contributed by atoms with Crippen molar-refractivity contribution in [2.45, 2.75) is 50.2 Å². The predicted molar refractivity (Wildman–Crippen MR) is 70.6 cm³/mol. The second kappa shape index (κ2) is 4.56. The first-order valence-electron chi connectivity index (χ1n) is 6.92. The quantitative estimate of drug-likeness (QED) is 0.843. The van der Waals surface area contributed by atoms with Gasteiger partial charge in [-0.15, -0.1) is 0 Å². The number of rotatable bonds is 2. The van der Waals surface area contributed by atoms with Crippen molar-refractivity contribution in [3.8, 4) is 5.75 Å². The van der Waals surface area contributed by atoms with Gasteiger partial charge in [-0.25, -0.2) is 0 Å². The molecule has 1 saturated carbocycles. The van der Waals surface area contributed by atoms with Gasteiger partial charge in [0.1, 0.15) is 11.4 Å². The van der Waals surface area contributed by atoms with Gasteiger partial charge in [-0.05, 0) is 48.9 Å². The number of fused-ring (bicyclic) bond motifs is 1. The lowest BCUT2D eigenvalue weighted by atomic mass is 9.82. The van der Waals surface area contributed by atoms with Crippen LogP contribution < -0.4 is 10.5 Å². The fourth-order valence-corrected chi connectivity index (χ4v) is 3.27. The first-order chi connectivity index (χ1) is 8.72. The van der Waals surface area contributed by atoms with E-state index in [0.29, 0.717) is 0 Å². The van der Waals surface area contributed by atoms with E-state index in [4.69, 9.17) is 10.5 Å². The summed E-state index contributed by atoms with van der Waals surface area (Å²) in [6, 6.07) is 5.99. The second-order valence-corrected chi connectivity index (χ2v) is 5.64. The zero-order valence-corrected chi connectivity index (χ0v) is 10.7. The summed E-state index contributed by atoms with van der Waals surface area (Å²) in [4.78, 5) is 0. The molecule has 1 spiro atoms. The molecule has 18 heavy (non-hydrogen) atoms. The average molecular weight is 247 g/mol. The highest BCUT2D eigenvalue weighted by Crippen LogP contribution is 2.43. The molecule has 1 unspecified atom stereocenters. The molecule has 0 amide bonds. The number of hydrogen-bond donors (Lipinski definition) is 2. The minimum Gasteiger partial charge on any atom is -0.487 e. The molecule has 1 aromatic carbocycles. The van der Waals surface area contributed by atoms with Gasteiger partial charge in [0, 0.05) is 13.0 Å². The number of benzene rings is 1. The highest BCUT2D eigenvalue weighted by atomic mass is 16.5. The van der Waals surface area contributed by atoms with Crippen molar-refractivity contribution < 1.29 is 9.84 Å². The maximum Gasteiger partial charge on any atom is 0.123 e. The van der Waals surface area contributed by atoms with E-state index in [1.807, 2.05) is 12.1 Å². The SMILES string of the molecule is NCC(O)c1ccc2c(c1)CC1(CCCCC1)O2. The van der Waals surface area contributed by atoms with E-state index >= 15 is 0 Å². The van der Waals surface area contributed by atoms with Crippen LogP contribution in [0.3, 0.4) is 0 Å². The largest absolute Gasteiger partial charge is 0.487 e. The van der Waals surface area contributed by atoms with Gasteiger partial charge in [-0.3, -0.25) is 0 Å². The lowest BCUT2D eigenvalue weighted by molar-refractivity contribution is 0.0529. The summed E-state index contributed by atoms with van der Waals surface area (Å²) in [5, 5.41) is 9.80. The molecule has 1 aliphatic heterocycles. The van der Waals surface area contributed by atoms with Crippen LogP contribution >= 0.6 is 0 Å². The molecule has 3 heteroatoms. The van der Waals surface area contributed by atoms with E-state index in [2.05, 4.69) is 6.07 Å². The first kappa shape index (κ1) is 12.0. The molecule has 2 aliphatic rings. The van der Waals surface area contributed by atoms with Crippen LogP contribution in [0.1, 0.15) is 49.3 Å². The molecule has 1 atom stereocenters. The van der Waals surface area contributed by atoms with Gasteiger partial charge in [0.05, 0.1) is 6.10 Å². The highest BCUT2D eigenvalue weighted by molar-refractivity contribution is 5.43. The molecule has 0 bridgehead atoms. The summed E-state index contributed by atoms with van der Waals surface area (Å²) >= 11 is 0. The fourth-order valence-electron chi connectivity index (χ4n) is 3.27. The number of aliphatic hydroxyl groups is 1. The predicted octanol–water partition coefficient (Wildman–Crippen LogP) is 2.32. The molecule has 1 aromatic rings. The van der Waals surface area contributed by atoms with E-state index in [0.717, 1.165) is 30.6 Å². The van der Waals surface area contributed by atoms with Crippen LogP contribution in [-0.2, 0) is 6.42 Å².